The van der Waals surface area contributed by atoms with Crippen molar-refractivity contribution in [3.05, 3.63) is 76.1 Å². The first-order valence-electron chi connectivity index (χ1n) is 10.2. The van der Waals surface area contributed by atoms with Gasteiger partial charge in [-0.15, -0.1) is 0 Å². The number of aromatic amines is 1. The fourth-order valence-corrected chi connectivity index (χ4v) is 4.64. The van der Waals surface area contributed by atoms with E-state index in [1.807, 2.05) is 54.3 Å². The molecule has 0 saturated carbocycles. The normalized spacial score (nSPS) is 13.4. The van der Waals surface area contributed by atoms with Gasteiger partial charge in [0.1, 0.15) is 0 Å². The van der Waals surface area contributed by atoms with Crippen molar-refractivity contribution >= 4 is 29.0 Å². The first-order valence-corrected chi connectivity index (χ1v) is 11.1. The summed E-state index contributed by atoms with van der Waals surface area (Å²) in [6.07, 6.45) is 1.94. The summed E-state index contributed by atoms with van der Waals surface area (Å²) in [6, 6.07) is 17.4. The average molecular weight is 432 g/mol. The van der Waals surface area contributed by atoms with Gasteiger partial charge in [-0.2, -0.15) is 0 Å². The van der Waals surface area contributed by atoms with Gasteiger partial charge in [0.05, 0.1) is 5.75 Å². The zero-order valence-electron chi connectivity index (χ0n) is 17.0. The Hall–Kier alpha value is -3.39. The van der Waals surface area contributed by atoms with Crippen LogP contribution in [0, 0.1) is 6.92 Å². The Morgan fingerprint density at radius 2 is 1.94 bits per heavy atom. The molecule has 0 saturated heterocycles. The molecule has 1 aliphatic heterocycles. The van der Waals surface area contributed by atoms with Crippen LogP contribution in [0.3, 0.4) is 0 Å². The topological polar surface area (TPSA) is 83.4 Å². The van der Waals surface area contributed by atoms with Crippen LogP contribution in [0.2, 0.25) is 0 Å². The zero-order valence-corrected chi connectivity index (χ0v) is 17.9. The number of para-hydroxylation sites is 1. The second-order valence-corrected chi connectivity index (χ2v) is 8.52. The van der Waals surface area contributed by atoms with Crippen molar-refractivity contribution in [2.75, 3.05) is 17.2 Å². The number of amides is 1. The molecular formula is C23H21N5O2S. The molecule has 8 heteroatoms. The molecule has 0 fully saturated rings. The Morgan fingerprint density at radius 1 is 1.13 bits per heavy atom. The van der Waals surface area contributed by atoms with Crippen LogP contribution in [0.4, 0.5) is 5.69 Å². The maximum Gasteiger partial charge on any atom is 0.266 e. The number of thioether (sulfide) groups is 1. The van der Waals surface area contributed by atoms with Gasteiger partial charge in [0.15, 0.2) is 16.6 Å². The van der Waals surface area contributed by atoms with E-state index in [1.165, 1.54) is 23.4 Å². The number of nitrogens with one attached hydrogen (secondary N) is 1. The lowest BCUT2D eigenvalue weighted by Crippen LogP contribution is -2.36. The Morgan fingerprint density at radius 3 is 2.77 bits per heavy atom. The van der Waals surface area contributed by atoms with Gasteiger partial charge in [0.25, 0.3) is 5.56 Å². The van der Waals surface area contributed by atoms with Crippen molar-refractivity contribution in [1.29, 1.82) is 0 Å². The summed E-state index contributed by atoms with van der Waals surface area (Å²) < 4.78 is 1.54. The predicted octanol–water partition coefficient (Wildman–Crippen LogP) is 3.46. The van der Waals surface area contributed by atoms with Gasteiger partial charge in [0.2, 0.25) is 5.91 Å². The number of benzene rings is 2. The number of aryl methyl sites for hydroxylation is 2. The summed E-state index contributed by atoms with van der Waals surface area (Å²) in [5.41, 5.74) is 4.42. The van der Waals surface area contributed by atoms with Crippen LogP contribution >= 0.6 is 11.8 Å². The van der Waals surface area contributed by atoms with Crippen molar-refractivity contribution in [3.8, 4) is 11.4 Å². The first-order chi connectivity index (χ1) is 15.1. The largest absolute Gasteiger partial charge is 0.311 e. The smallest absolute Gasteiger partial charge is 0.266 e. The Balaban J connectivity index is 1.44. The van der Waals surface area contributed by atoms with Crippen molar-refractivity contribution in [2.45, 2.75) is 24.9 Å². The summed E-state index contributed by atoms with van der Waals surface area (Å²) in [5, 5.41) is 3.25. The van der Waals surface area contributed by atoms with E-state index >= 15 is 0 Å². The molecule has 1 N–H and O–H groups in total. The second kappa shape index (κ2) is 8.03. The van der Waals surface area contributed by atoms with E-state index < -0.39 is 0 Å². The van der Waals surface area contributed by atoms with Gasteiger partial charge < -0.3 is 4.90 Å². The van der Waals surface area contributed by atoms with E-state index in [-0.39, 0.29) is 17.2 Å². The van der Waals surface area contributed by atoms with E-state index in [1.54, 1.807) is 4.52 Å². The van der Waals surface area contributed by atoms with Crippen LogP contribution in [0.15, 0.2) is 64.5 Å². The van der Waals surface area contributed by atoms with E-state index in [4.69, 9.17) is 0 Å². The highest BCUT2D eigenvalue weighted by Gasteiger charge is 2.23. The monoisotopic (exact) mass is 431 g/mol. The lowest BCUT2D eigenvalue weighted by molar-refractivity contribution is -0.116. The molecule has 7 nitrogen and oxygen atoms in total. The third-order valence-corrected chi connectivity index (χ3v) is 6.29. The minimum atomic E-state index is -0.256. The number of carbonyl (C=O) groups excluding carboxylic acids is 1. The molecule has 1 aliphatic rings. The molecule has 0 aliphatic carbocycles. The van der Waals surface area contributed by atoms with Crippen molar-refractivity contribution in [3.63, 3.8) is 0 Å². The molecule has 31 heavy (non-hydrogen) atoms. The molecule has 1 amide bonds. The number of fused-ring (bicyclic) bond motifs is 2. The number of rotatable bonds is 4. The summed E-state index contributed by atoms with van der Waals surface area (Å²) in [7, 11) is 0. The fraction of sp³-hybridized carbons (Fsp3) is 0.217. The highest BCUT2D eigenvalue weighted by molar-refractivity contribution is 7.99. The maximum absolute atomic E-state index is 13.0. The minimum Gasteiger partial charge on any atom is -0.311 e. The van der Waals surface area contributed by atoms with Gasteiger partial charge >= 0.3 is 0 Å². The van der Waals surface area contributed by atoms with Gasteiger partial charge in [-0.25, -0.2) is 14.5 Å². The minimum absolute atomic E-state index is 0.0234. The lowest BCUT2D eigenvalue weighted by atomic mass is 10.0. The zero-order chi connectivity index (χ0) is 21.4. The molecule has 0 unspecified atom stereocenters. The lowest BCUT2D eigenvalue weighted by Gasteiger charge is -2.29. The van der Waals surface area contributed by atoms with Crippen LogP contribution in [0.25, 0.3) is 17.0 Å². The molecule has 0 radical (unpaired) electrons. The summed E-state index contributed by atoms with van der Waals surface area (Å²) in [6.45, 7) is 2.73. The van der Waals surface area contributed by atoms with Crippen LogP contribution < -0.4 is 10.5 Å². The molecule has 156 valence electrons. The first kappa shape index (κ1) is 19.6. The van der Waals surface area contributed by atoms with Crippen LogP contribution in [0.5, 0.6) is 0 Å². The SMILES string of the molecule is Cc1ccc(-c2nc(SCC(=O)N3CCCc4ccccc43)n3[nH]c(=O)cc3n2)cc1. The number of aromatic nitrogens is 4. The quantitative estimate of drug-likeness (QED) is 0.500. The number of anilines is 1. The number of nitrogens with zero attached hydrogens (tertiary/aromatic N) is 4. The number of carbonyl (C=O) groups is 1. The van der Waals surface area contributed by atoms with Gasteiger partial charge in [-0.05, 0) is 31.4 Å². The van der Waals surface area contributed by atoms with E-state index in [2.05, 4.69) is 21.1 Å². The molecule has 4 aromatic rings. The van der Waals surface area contributed by atoms with E-state index in [0.29, 0.717) is 23.2 Å². The third-order valence-electron chi connectivity index (χ3n) is 5.37. The molecule has 3 heterocycles. The van der Waals surface area contributed by atoms with Crippen LogP contribution in [0.1, 0.15) is 17.5 Å². The van der Waals surface area contributed by atoms with Gasteiger partial charge in [-0.3, -0.25) is 14.7 Å². The van der Waals surface area contributed by atoms with Gasteiger partial charge in [-0.1, -0.05) is 59.8 Å². The van der Waals surface area contributed by atoms with Crippen LogP contribution in [-0.4, -0.2) is 37.8 Å². The molecule has 2 aromatic heterocycles. The standard InChI is InChI=1S/C23H21N5O2S/c1-15-8-10-17(11-9-15)22-24-19-13-20(29)26-28(19)23(25-22)31-14-21(30)27-12-4-6-16-5-2-3-7-18(16)27/h2-3,5,7-11,13H,4,6,12,14H2,1H3,(H,26,29). The third kappa shape index (κ3) is 3.86. The van der Waals surface area contributed by atoms with E-state index in [9.17, 15) is 9.59 Å². The average Bonchev–Trinajstić information content (AvgIpc) is 3.17. The molecule has 0 bridgehead atoms. The van der Waals surface area contributed by atoms with E-state index in [0.717, 1.165) is 29.7 Å². The number of hydrogen-bond donors (Lipinski definition) is 1. The number of hydrogen-bond acceptors (Lipinski definition) is 5. The molecular weight excluding hydrogens is 410 g/mol. The maximum atomic E-state index is 13.0. The van der Waals surface area contributed by atoms with Crippen LogP contribution in [-0.2, 0) is 11.2 Å². The summed E-state index contributed by atoms with van der Waals surface area (Å²) in [5.74, 6) is 0.765. The second-order valence-electron chi connectivity index (χ2n) is 7.58. The predicted molar refractivity (Wildman–Crippen MR) is 122 cm³/mol. The molecule has 0 atom stereocenters. The fourth-order valence-electron chi connectivity index (χ4n) is 3.81. The van der Waals surface area contributed by atoms with Crippen molar-refractivity contribution in [2.24, 2.45) is 0 Å². The number of H-pyrrole nitrogens is 1. The highest BCUT2D eigenvalue weighted by Crippen LogP contribution is 2.28. The molecule has 0 spiro atoms. The molecule has 5 rings (SSSR count). The van der Waals surface area contributed by atoms with Crippen molar-refractivity contribution < 1.29 is 4.79 Å². The Kier molecular flexibility index (Phi) is 5.07. The van der Waals surface area contributed by atoms with Gasteiger partial charge in [0, 0.05) is 23.9 Å². The Labute approximate surface area is 183 Å². The highest BCUT2D eigenvalue weighted by atomic mass is 32.2. The summed E-state index contributed by atoms with van der Waals surface area (Å²) in [4.78, 5) is 36.0. The molecule has 2 aromatic carbocycles. The summed E-state index contributed by atoms with van der Waals surface area (Å²) >= 11 is 1.30. The Bertz CT molecular complexity index is 1330. The van der Waals surface area contributed by atoms with Crippen molar-refractivity contribution in [1.82, 2.24) is 19.6 Å².